The third-order valence-corrected chi connectivity index (χ3v) is 6.19. The Balaban J connectivity index is 0.00000208. The van der Waals surface area contributed by atoms with E-state index in [4.69, 9.17) is 11.6 Å². The largest absolute Gasteiger partial charge is 0.354 e. The minimum absolute atomic E-state index is 0. The normalized spacial score (nSPS) is 29.1. The van der Waals surface area contributed by atoms with Gasteiger partial charge >= 0.3 is 0 Å². The molecule has 0 aliphatic heterocycles. The number of halogens is 3. The SMILES string of the molecule is CN=C(NC1CCC(SC)C1)NC1CC1c1c(F)cccc1Cl.I. The van der Waals surface area contributed by atoms with Crippen LogP contribution in [0.4, 0.5) is 4.39 Å². The second-order valence-electron chi connectivity index (χ2n) is 6.31. The maximum atomic E-state index is 14.0. The van der Waals surface area contributed by atoms with Gasteiger partial charge in [0.05, 0.1) is 0 Å². The molecule has 0 radical (unpaired) electrons. The minimum Gasteiger partial charge on any atom is -0.354 e. The van der Waals surface area contributed by atoms with E-state index >= 15 is 0 Å². The van der Waals surface area contributed by atoms with Crippen molar-refractivity contribution in [3.05, 3.63) is 34.6 Å². The van der Waals surface area contributed by atoms with E-state index in [1.165, 1.54) is 25.3 Å². The molecule has 0 saturated heterocycles. The highest BCUT2D eigenvalue weighted by atomic mass is 127. The van der Waals surface area contributed by atoms with E-state index < -0.39 is 0 Å². The second kappa shape index (κ2) is 8.94. The number of hydrogen-bond donors (Lipinski definition) is 2. The fraction of sp³-hybridized carbons (Fsp3) is 0.588. The van der Waals surface area contributed by atoms with Gasteiger partial charge in [0.25, 0.3) is 0 Å². The van der Waals surface area contributed by atoms with Crippen molar-refractivity contribution in [1.82, 2.24) is 10.6 Å². The van der Waals surface area contributed by atoms with E-state index in [2.05, 4.69) is 21.9 Å². The zero-order chi connectivity index (χ0) is 16.4. The van der Waals surface area contributed by atoms with Crippen molar-refractivity contribution in [2.24, 2.45) is 4.99 Å². The van der Waals surface area contributed by atoms with Crippen molar-refractivity contribution in [2.75, 3.05) is 13.3 Å². The summed E-state index contributed by atoms with van der Waals surface area (Å²) in [5.41, 5.74) is 0.630. The van der Waals surface area contributed by atoms with Gasteiger partial charge in [-0.2, -0.15) is 11.8 Å². The summed E-state index contributed by atoms with van der Waals surface area (Å²) in [5.74, 6) is 0.731. The number of guanidine groups is 1. The van der Waals surface area contributed by atoms with E-state index in [1.54, 1.807) is 19.2 Å². The molecule has 2 aliphatic rings. The number of benzene rings is 1. The van der Waals surface area contributed by atoms with Crippen molar-refractivity contribution in [2.45, 2.75) is 48.9 Å². The fourth-order valence-electron chi connectivity index (χ4n) is 3.36. The molecule has 2 saturated carbocycles. The maximum Gasteiger partial charge on any atom is 0.191 e. The van der Waals surface area contributed by atoms with Crippen LogP contribution in [-0.2, 0) is 0 Å². The molecule has 24 heavy (non-hydrogen) atoms. The van der Waals surface area contributed by atoms with Crippen LogP contribution in [0.15, 0.2) is 23.2 Å². The molecular formula is C17H24ClFIN3S. The number of thioether (sulfide) groups is 1. The molecule has 0 spiro atoms. The molecule has 0 bridgehead atoms. The summed E-state index contributed by atoms with van der Waals surface area (Å²) in [6.07, 6.45) is 6.67. The number of aliphatic imine (C=N–C) groups is 1. The molecule has 3 nitrogen and oxygen atoms in total. The Labute approximate surface area is 169 Å². The van der Waals surface area contributed by atoms with Crippen molar-refractivity contribution in [3.63, 3.8) is 0 Å². The van der Waals surface area contributed by atoms with Gasteiger partial charge in [0.15, 0.2) is 5.96 Å². The number of nitrogens with one attached hydrogen (secondary N) is 2. The van der Waals surface area contributed by atoms with Crippen LogP contribution in [0.2, 0.25) is 5.02 Å². The first kappa shape index (κ1) is 20.1. The predicted octanol–water partition coefficient (Wildman–Crippen LogP) is 4.40. The van der Waals surface area contributed by atoms with Crippen LogP contribution < -0.4 is 10.6 Å². The Bertz CT molecular complexity index is 581. The topological polar surface area (TPSA) is 36.4 Å². The van der Waals surface area contributed by atoms with Gasteiger partial charge < -0.3 is 10.6 Å². The average Bonchev–Trinajstić information content (AvgIpc) is 3.12. The summed E-state index contributed by atoms with van der Waals surface area (Å²) in [6.45, 7) is 0. The van der Waals surface area contributed by atoms with Crippen LogP contribution in [-0.4, -0.2) is 36.6 Å². The summed E-state index contributed by atoms with van der Waals surface area (Å²) >= 11 is 8.10. The molecule has 2 aliphatic carbocycles. The van der Waals surface area contributed by atoms with Gasteiger partial charge in [-0.25, -0.2) is 4.39 Å². The second-order valence-corrected chi connectivity index (χ2v) is 7.86. The van der Waals surface area contributed by atoms with Gasteiger partial charge in [0.1, 0.15) is 5.82 Å². The molecule has 3 rings (SSSR count). The minimum atomic E-state index is -0.214. The van der Waals surface area contributed by atoms with Crippen LogP contribution in [0.5, 0.6) is 0 Å². The highest BCUT2D eigenvalue weighted by molar-refractivity contribution is 14.0. The van der Waals surface area contributed by atoms with E-state index in [9.17, 15) is 4.39 Å². The standard InChI is InChI=1S/C17H23ClFN3S.HI/c1-20-17(21-10-6-7-11(8-10)23-2)22-15-9-12(15)16-13(18)4-3-5-14(16)19;/h3-5,10-12,15H,6-9H2,1-2H3,(H2,20,21,22);1H. The van der Waals surface area contributed by atoms with Gasteiger partial charge in [0.2, 0.25) is 0 Å². The number of hydrogen-bond acceptors (Lipinski definition) is 2. The van der Waals surface area contributed by atoms with Crippen molar-refractivity contribution < 1.29 is 4.39 Å². The smallest absolute Gasteiger partial charge is 0.191 e. The number of rotatable bonds is 4. The summed E-state index contributed by atoms with van der Waals surface area (Å²) in [4.78, 5) is 4.32. The molecule has 4 atom stereocenters. The maximum absolute atomic E-state index is 14.0. The lowest BCUT2D eigenvalue weighted by Crippen LogP contribution is -2.43. The Hall–Kier alpha value is -0.210. The third kappa shape index (κ3) is 4.69. The van der Waals surface area contributed by atoms with Gasteiger partial charge in [-0.15, -0.1) is 24.0 Å². The van der Waals surface area contributed by atoms with Gasteiger partial charge in [-0.1, -0.05) is 17.7 Å². The first-order chi connectivity index (χ1) is 11.1. The van der Waals surface area contributed by atoms with Gasteiger partial charge in [0, 0.05) is 40.9 Å². The highest BCUT2D eigenvalue weighted by Gasteiger charge is 2.42. The zero-order valence-corrected chi connectivity index (χ0v) is 17.8. The summed E-state index contributed by atoms with van der Waals surface area (Å²) < 4.78 is 14.0. The molecule has 0 amide bonds. The number of nitrogens with zero attached hydrogens (tertiary/aromatic N) is 1. The first-order valence-corrected chi connectivity index (χ1v) is 9.75. The van der Waals surface area contributed by atoms with E-state index in [0.717, 1.165) is 17.6 Å². The monoisotopic (exact) mass is 483 g/mol. The van der Waals surface area contributed by atoms with Gasteiger partial charge in [-0.3, -0.25) is 4.99 Å². The van der Waals surface area contributed by atoms with Crippen LogP contribution in [0.1, 0.15) is 37.2 Å². The summed E-state index contributed by atoms with van der Waals surface area (Å²) in [6, 6.07) is 5.56. The van der Waals surface area contributed by atoms with Gasteiger partial charge in [-0.05, 0) is 44.1 Å². The molecular weight excluding hydrogens is 460 g/mol. The van der Waals surface area contributed by atoms with E-state index in [1.807, 2.05) is 11.8 Å². The highest BCUT2D eigenvalue weighted by Crippen LogP contribution is 2.44. The molecule has 7 heteroatoms. The third-order valence-electron chi connectivity index (χ3n) is 4.77. The summed E-state index contributed by atoms with van der Waals surface area (Å²) in [5, 5.41) is 8.17. The van der Waals surface area contributed by atoms with Crippen LogP contribution >= 0.6 is 47.3 Å². The molecule has 0 heterocycles. The molecule has 2 fully saturated rings. The lowest BCUT2D eigenvalue weighted by molar-refractivity contribution is 0.602. The van der Waals surface area contributed by atoms with E-state index in [-0.39, 0.29) is 41.8 Å². The predicted molar refractivity (Wildman–Crippen MR) is 113 cm³/mol. The van der Waals surface area contributed by atoms with Crippen LogP contribution in [0, 0.1) is 5.82 Å². The van der Waals surface area contributed by atoms with E-state index in [0.29, 0.717) is 16.6 Å². The lowest BCUT2D eigenvalue weighted by atomic mass is 10.1. The summed E-state index contributed by atoms with van der Waals surface area (Å²) in [7, 11) is 1.78. The first-order valence-electron chi connectivity index (χ1n) is 8.09. The van der Waals surface area contributed by atoms with Crippen molar-refractivity contribution >= 4 is 53.3 Å². The van der Waals surface area contributed by atoms with Crippen molar-refractivity contribution in [1.29, 1.82) is 0 Å². The molecule has 0 aromatic heterocycles. The molecule has 4 unspecified atom stereocenters. The Kier molecular flexibility index (Phi) is 7.49. The Morgan fingerprint density at radius 3 is 2.71 bits per heavy atom. The Morgan fingerprint density at radius 2 is 2.08 bits per heavy atom. The lowest BCUT2D eigenvalue weighted by Gasteiger charge is -2.17. The molecule has 134 valence electrons. The van der Waals surface area contributed by atoms with Crippen molar-refractivity contribution in [3.8, 4) is 0 Å². The zero-order valence-electron chi connectivity index (χ0n) is 13.9. The molecule has 1 aromatic rings. The fourth-order valence-corrected chi connectivity index (χ4v) is 4.46. The molecule has 1 aromatic carbocycles. The quantitative estimate of drug-likeness (QED) is 0.379. The van der Waals surface area contributed by atoms with Crippen LogP contribution in [0.3, 0.4) is 0 Å². The molecule has 2 N–H and O–H groups in total. The Morgan fingerprint density at radius 1 is 1.29 bits per heavy atom. The van der Waals surface area contributed by atoms with Crippen LogP contribution in [0.25, 0.3) is 0 Å². The average molecular weight is 484 g/mol.